The molecule has 2 atom stereocenters. The molecule has 4 rings (SSSR count). The average Bonchev–Trinajstić information content (AvgIpc) is 3.12. The number of benzene rings is 2. The molecule has 0 amide bonds. The number of tetrazole rings is 1. The number of aryl methyl sites for hydroxylation is 2. The smallest absolute Gasteiger partial charge is 0.243 e. The Balaban J connectivity index is 1.76. The zero-order valence-corrected chi connectivity index (χ0v) is 14.6. The van der Waals surface area contributed by atoms with Crippen molar-refractivity contribution < 1.29 is 4.74 Å². The molecule has 0 saturated heterocycles. The highest BCUT2D eigenvalue weighted by Crippen LogP contribution is 2.40. The first kappa shape index (κ1) is 15.6. The summed E-state index contributed by atoms with van der Waals surface area (Å²) in [6, 6.07) is 14.8. The molecule has 0 radical (unpaired) electrons. The van der Waals surface area contributed by atoms with Crippen molar-refractivity contribution in [3.05, 3.63) is 64.7 Å². The van der Waals surface area contributed by atoms with Crippen molar-refractivity contribution in [1.82, 2.24) is 20.2 Å². The lowest BCUT2D eigenvalue weighted by Crippen LogP contribution is -2.28. The van der Waals surface area contributed by atoms with Gasteiger partial charge in [0, 0.05) is 5.56 Å². The number of hydrogen-bond acceptors (Lipinski definition) is 5. The Morgan fingerprint density at radius 1 is 1.12 bits per heavy atom. The van der Waals surface area contributed by atoms with E-state index in [1.165, 1.54) is 16.7 Å². The van der Waals surface area contributed by atoms with E-state index in [1.807, 2.05) is 22.9 Å². The molecule has 25 heavy (non-hydrogen) atoms. The Bertz CT molecular complexity index is 904. The van der Waals surface area contributed by atoms with Crippen LogP contribution in [0.4, 0.5) is 5.95 Å². The molecule has 1 aromatic heterocycles. The molecule has 1 aliphatic rings. The standard InChI is InChI=1S/C19H21N5O/c1-12-8-9-14(10-13(12)2)16-11-17(24-19(20-16)21-22-23-24)15-6-4-5-7-18(15)25-3/h4-10,16-17H,11H2,1-3H3,(H,20,21,23). The third kappa shape index (κ3) is 2.73. The van der Waals surface area contributed by atoms with Gasteiger partial charge in [-0.1, -0.05) is 41.5 Å². The fourth-order valence-corrected chi connectivity index (χ4v) is 3.44. The second-order valence-corrected chi connectivity index (χ2v) is 6.48. The van der Waals surface area contributed by atoms with Gasteiger partial charge in [0.05, 0.1) is 19.2 Å². The van der Waals surface area contributed by atoms with Gasteiger partial charge in [0.15, 0.2) is 0 Å². The number of para-hydroxylation sites is 1. The normalized spacial score (nSPS) is 19.2. The molecule has 0 spiro atoms. The molecular weight excluding hydrogens is 314 g/mol. The highest BCUT2D eigenvalue weighted by molar-refractivity contribution is 5.43. The number of nitrogens with zero attached hydrogens (tertiary/aromatic N) is 4. The molecular formula is C19H21N5O. The molecule has 0 saturated carbocycles. The predicted molar refractivity (Wildman–Crippen MR) is 95.8 cm³/mol. The molecule has 0 bridgehead atoms. The van der Waals surface area contributed by atoms with Crippen LogP contribution in [0.5, 0.6) is 5.75 Å². The number of fused-ring (bicyclic) bond motifs is 1. The van der Waals surface area contributed by atoms with Gasteiger partial charge in [0.25, 0.3) is 0 Å². The highest BCUT2D eigenvalue weighted by Gasteiger charge is 2.32. The SMILES string of the molecule is COc1ccccc1C1CC(c2ccc(C)c(C)c2)Nc2nnnn21. The number of aromatic nitrogens is 4. The maximum Gasteiger partial charge on any atom is 0.243 e. The Labute approximate surface area is 146 Å². The van der Waals surface area contributed by atoms with Gasteiger partial charge in [-0.25, -0.2) is 4.68 Å². The molecule has 2 aromatic carbocycles. The monoisotopic (exact) mass is 335 g/mol. The van der Waals surface area contributed by atoms with Gasteiger partial charge in [-0.2, -0.15) is 0 Å². The Morgan fingerprint density at radius 3 is 2.76 bits per heavy atom. The van der Waals surface area contributed by atoms with Gasteiger partial charge in [0.2, 0.25) is 5.95 Å². The largest absolute Gasteiger partial charge is 0.496 e. The van der Waals surface area contributed by atoms with E-state index in [0.29, 0.717) is 5.95 Å². The first-order valence-corrected chi connectivity index (χ1v) is 8.42. The van der Waals surface area contributed by atoms with E-state index in [9.17, 15) is 0 Å². The molecule has 0 fully saturated rings. The summed E-state index contributed by atoms with van der Waals surface area (Å²) in [7, 11) is 1.70. The maximum atomic E-state index is 5.56. The lowest BCUT2D eigenvalue weighted by atomic mass is 9.91. The third-order valence-electron chi connectivity index (χ3n) is 4.98. The zero-order chi connectivity index (χ0) is 17.4. The number of ether oxygens (including phenoxy) is 1. The molecule has 128 valence electrons. The summed E-state index contributed by atoms with van der Waals surface area (Å²) >= 11 is 0. The fraction of sp³-hybridized carbons (Fsp3) is 0.316. The number of methoxy groups -OCH3 is 1. The summed E-state index contributed by atoms with van der Waals surface area (Å²) in [5.74, 6) is 1.54. The second kappa shape index (κ2) is 6.20. The van der Waals surface area contributed by atoms with Gasteiger partial charge in [-0.15, -0.1) is 0 Å². The summed E-state index contributed by atoms with van der Waals surface area (Å²) in [6.45, 7) is 4.27. The van der Waals surface area contributed by atoms with E-state index >= 15 is 0 Å². The second-order valence-electron chi connectivity index (χ2n) is 6.48. The van der Waals surface area contributed by atoms with Crippen molar-refractivity contribution in [2.24, 2.45) is 0 Å². The Kier molecular flexibility index (Phi) is 3.87. The minimum absolute atomic E-state index is 0.0222. The zero-order valence-electron chi connectivity index (χ0n) is 14.6. The van der Waals surface area contributed by atoms with E-state index in [-0.39, 0.29) is 12.1 Å². The molecule has 1 aliphatic heterocycles. The van der Waals surface area contributed by atoms with E-state index in [1.54, 1.807) is 7.11 Å². The van der Waals surface area contributed by atoms with Crippen LogP contribution in [0.15, 0.2) is 42.5 Å². The first-order valence-electron chi connectivity index (χ1n) is 8.42. The lowest BCUT2D eigenvalue weighted by Gasteiger charge is -2.31. The van der Waals surface area contributed by atoms with Crippen molar-refractivity contribution in [2.75, 3.05) is 12.4 Å². The van der Waals surface area contributed by atoms with Crippen molar-refractivity contribution in [1.29, 1.82) is 0 Å². The third-order valence-corrected chi connectivity index (χ3v) is 4.98. The van der Waals surface area contributed by atoms with Gasteiger partial charge in [-0.3, -0.25) is 0 Å². The quantitative estimate of drug-likeness (QED) is 0.794. The van der Waals surface area contributed by atoms with Gasteiger partial charge < -0.3 is 10.1 Å². The minimum atomic E-state index is 0.0222. The minimum Gasteiger partial charge on any atom is -0.496 e. The van der Waals surface area contributed by atoms with Crippen LogP contribution in [0.25, 0.3) is 0 Å². The van der Waals surface area contributed by atoms with E-state index in [0.717, 1.165) is 17.7 Å². The molecule has 3 aromatic rings. The van der Waals surface area contributed by atoms with Gasteiger partial charge in [-0.05, 0) is 53.5 Å². The molecule has 2 heterocycles. The van der Waals surface area contributed by atoms with E-state index in [4.69, 9.17) is 4.74 Å². The van der Waals surface area contributed by atoms with Crippen molar-refractivity contribution >= 4 is 5.95 Å². The first-order chi connectivity index (χ1) is 12.2. The predicted octanol–water partition coefficient (Wildman–Crippen LogP) is 3.44. The highest BCUT2D eigenvalue weighted by atomic mass is 16.5. The number of hydrogen-bond donors (Lipinski definition) is 1. The summed E-state index contributed by atoms with van der Waals surface area (Å²) in [6.07, 6.45) is 0.848. The van der Waals surface area contributed by atoms with Crippen LogP contribution in [-0.2, 0) is 0 Å². The summed E-state index contributed by atoms with van der Waals surface area (Å²) in [5, 5.41) is 15.7. The number of anilines is 1. The van der Waals surface area contributed by atoms with Crippen LogP contribution in [0.2, 0.25) is 0 Å². The lowest BCUT2D eigenvalue weighted by molar-refractivity contribution is 0.377. The van der Waals surface area contributed by atoms with Crippen molar-refractivity contribution in [3.8, 4) is 5.75 Å². The molecule has 1 N–H and O–H groups in total. The maximum absolute atomic E-state index is 5.56. The van der Waals surface area contributed by atoms with Crippen LogP contribution < -0.4 is 10.1 Å². The van der Waals surface area contributed by atoms with Crippen LogP contribution in [-0.4, -0.2) is 27.3 Å². The molecule has 0 aliphatic carbocycles. The van der Waals surface area contributed by atoms with Crippen LogP contribution in [0, 0.1) is 13.8 Å². The number of nitrogens with one attached hydrogen (secondary N) is 1. The Hall–Kier alpha value is -2.89. The van der Waals surface area contributed by atoms with E-state index in [2.05, 4.69) is 59.0 Å². The van der Waals surface area contributed by atoms with E-state index < -0.39 is 0 Å². The summed E-state index contributed by atoms with van der Waals surface area (Å²) in [5.41, 5.74) is 4.93. The topological polar surface area (TPSA) is 64.9 Å². The molecule has 6 heteroatoms. The van der Waals surface area contributed by atoms with Crippen LogP contribution in [0.1, 0.15) is 40.8 Å². The fourth-order valence-electron chi connectivity index (χ4n) is 3.44. The van der Waals surface area contributed by atoms with Crippen molar-refractivity contribution in [2.45, 2.75) is 32.4 Å². The molecule has 6 nitrogen and oxygen atoms in total. The van der Waals surface area contributed by atoms with Crippen LogP contribution >= 0.6 is 0 Å². The number of rotatable bonds is 3. The van der Waals surface area contributed by atoms with Gasteiger partial charge in [0.1, 0.15) is 5.75 Å². The summed E-state index contributed by atoms with van der Waals surface area (Å²) < 4.78 is 7.41. The van der Waals surface area contributed by atoms with Gasteiger partial charge >= 0.3 is 0 Å². The Morgan fingerprint density at radius 2 is 1.96 bits per heavy atom. The average molecular weight is 335 g/mol. The summed E-state index contributed by atoms with van der Waals surface area (Å²) in [4.78, 5) is 0. The van der Waals surface area contributed by atoms with Crippen molar-refractivity contribution in [3.63, 3.8) is 0 Å². The molecule has 2 unspecified atom stereocenters. The van der Waals surface area contributed by atoms with Crippen LogP contribution in [0.3, 0.4) is 0 Å².